The molecule has 1 atom stereocenters. The monoisotopic (exact) mass is 424 g/mol. The van der Waals surface area contributed by atoms with Crippen molar-refractivity contribution in [1.29, 1.82) is 0 Å². The van der Waals surface area contributed by atoms with Crippen molar-refractivity contribution in [2.75, 3.05) is 6.54 Å². The summed E-state index contributed by atoms with van der Waals surface area (Å²) < 4.78 is 0. The Hall–Kier alpha value is -3.48. The van der Waals surface area contributed by atoms with E-state index in [0.29, 0.717) is 0 Å². The van der Waals surface area contributed by atoms with E-state index in [2.05, 4.69) is 48.4 Å². The molecule has 1 unspecified atom stereocenters. The molecule has 4 aromatic heterocycles. The normalized spacial score (nSPS) is 12.0. The number of aromatic nitrogens is 4. The van der Waals surface area contributed by atoms with Gasteiger partial charge in [-0.15, -0.1) is 0 Å². The molecule has 0 fully saturated rings. The van der Waals surface area contributed by atoms with E-state index in [0.717, 1.165) is 55.4 Å². The van der Waals surface area contributed by atoms with E-state index in [4.69, 9.17) is 0 Å². The Morgan fingerprint density at radius 2 is 1.06 bits per heavy atom. The minimum Gasteiger partial charge on any atom is -0.310 e. The predicted molar refractivity (Wildman–Crippen MR) is 125 cm³/mol. The second-order valence-electron chi connectivity index (χ2n) is 7.68. The lowest BCUT2D eigenvalue weighted by Gasteiger charge is -2.31. The molecule has 162 valence electrons. The first kappa shape index (κ1) is 21.7. The van der Waals surface area contributed by atoms with Gasteiger partial charge in [-0.25, -0.2) is 0 Å². The standard InChI is InChI=1S/C26H28N6/c1-5-13-28-22(9-1)17-26(19-27-18-23-10-2-6-14-29-23)32(20-24-11-3-7-15-30-24)21-25-12-4-8-16-31-25/h1-16,26-27H,17-21H2. The smallest absolute Gasteiger partial charge is 0.0544 e. The SMILES string of the molecule is c1ccc(CNCC(Cc2ccccn2)N(Cc2ccccn2)Cc2ccccn2)nc1. The minimum absolute atomic E-state index is 0.206. The second-order valence-corrected chi connectivity index (χ2v) is 7.68. The van der Waals surface area contributed by atoms with Gasteiger partial charge in [0, 0.05) is 69.1 Å². The summed E-state index contributed by atoms with van der Waals surface area (Å²) in [4.78, 5) is 20.6. The zero-order chi connectivity index (χ0) is 21.8. The maximum Gasteiger partial charge on any atom is 0.0544 e. The van der Waals surface area contributed by atoms with Crippen molar-refractivity contribution >= 4 is 0 Å². The zero-order valence-corrected chi connectivity index (χ0v) is 18.1. The molecule has 0 aromatic carbocycles. The van der Waals surface area contributed by atoms with Crippen LogP contribution < -0.4 is 5.32 Å². The van der Waals surface area contributed by atoms with Gasteiger partial charge < -0.3 is 5.32 Å². The Bertz CT molecular complexity index is 987. The number of rotatable bonds is 11. The Morgan fingerprint density at radius 1 is 0.594 bits per heavy atom. The third-order valence-electron chi connectivity index (χ3n) is 5.28. The quantitative estimate of drug-likeness (QED) is 0.396. The van der Waals surface area contributed by atoms with Gasteiger partial charge in [-0.1, -0.05) is 24.3 Å². The number of nitrogens with zero attached hydrogens (tertiary/aromatic N) is 5. The van der Waals surface area contributed by atoms with Gasteiger partial charge in [0.1, 0.15) is 0 Å². The van der Waals surface area contributed by atoms with E-state index in [9.17, 15) is 0 Å². The summed E-state index contributed by atoms with van der Waals surface area (Å²) in [6, 6.07) is 24.4. The molecular weight excluding hydrogens is 396 g/mol. The fraction of sp³-hybridized carbons (Fsp3) is 0.231. The molecule has 0 aliphatic heterocycles. The Labute approximate surface area is 189 Å². The van der Waals surface area contributed by atoms with Crippen LogP contribution in [0.2, 0.25) is 0 Å². The molecular formula is C26H28N6. The summed E-state index contributed by atoms with van der Waals surface area (Å²) in [6.07, 6.45) is 8.21. The maximum absolute atomic E-state index is 4.58. The molecule has 4 rings (SSSR count). The molecule has 32 heavy (non-hydrogen) atoms. The van der Waals surface area contributed by atoms with E-state index in [1.807, 2.05) is 79.4 Å². The summed E-state index contributed by atoms with van der Waals surface area (Å²) >= 11 is 0. The average molecular weight is 425 g/mol. The summed E-state index contributed by atoms with van der Waals surface area (Å²) in [5.74, 6) is 0. The van der Waals surface area contributed by atoms with Gasteiger partial charge in [0.05, 0.1) is 17.1 Å². The van der Waals surface area contributed by atoms with Crippen LogP contribution >= 0.6 is 0 Å². The van der Waals surface area contributed by atoms with Crippen LogP contribution in [0, 0.1) is 0 Å². The van der Waals surface area contributed by atoms with Crippen molar-refractivity contribution in [3.05, 3.63) is 120 Å². The van der Waals surface area contributed by atoms with Crippen LogP contribution in [0.5, 0.6) is 0 Å². The Kier molecular flexibility index (Phi) is 8.01. The molecule has 6 nitrogen and oxygen atoms in total. The maximum atomic E-state index is 4.58. The molecule has 0 spiro atoms. The molecule has 4 aromatic rings. The molecule has 0 bridgehead atoms. The highest BCUT2D eigenvalue weighted by Crippen LogP contribution is 2.15. The van der Waals surface area contributed by atoms with Crippen LogP contribution in [0.1, 0.15) is 22.8 Å². The van der Waals surface area contributed by atoms with Gasteiger partial charge in [-0.3, -0.25) is 24.8 Å². The third-order valence-corrected chi connectivity index (χ3v) is 5.28. The van der Waals surface area contributed by atoms with E-state index in [1.165, 1.54) is 0 Å². The van der Waals surface area contributed by atoms with Gasteiger partial charge in [0.25, 0.3) is 0 Å². The summed E-state index contributed by atoms with van der Waals surface area (Å²) in [7, 11) is 0. The van der Waals surface area contributed by atoms with Gasteiger partial charge in [-0.2, -0.15) is 0 Å². The van der Waals surface area contributed by atoms with Crippen LogP contribution in [0.3, 0.4) is 0 Å². The van der Waals surface area contributed by atoms with E-state index in [-0.39, 0.29) is 6.04 Å². The highest BCUT2D eigenvalue weighted by Gasteiger charge is 2.21. The van der Waals surface area contributed by atoms with E-state index in [1.54, 1.807) is 0 Å². The first-order valence-electron chi connectivity index (χ1n) is 10.9. The molecule has 1 N–H and O–H groups in total. The van der Waals surface area contributed by atoms with Crippen molar-refractivity contribution in [3.8, 4) is 0 Å². The van der Waals surface area contributed by atoms with Crippen LogP contribution in [-0.4, -0.2) is 37.4 Å². The van der Waals surface area contributed by atoms with Crippen LogP contribution in [-0.2, 0) is 26.1 Å². The van der Waals surface area contributed by atoms with Crippen molar-refractivity contribution in [3.63, 3.8) is 0 Å². The number of hydrogen-bond donors (Lipinski definition) is 1. The lowest BCUT2D eigenvalue weighted by atomic mass is 10.1. The molecule has 0 saturated carbocycles. The average Bonchev–Trinajstić information content (AvgIpc) is 2.86. The van der Waals surface area contributed by atoms with E-state index < -0.39 is 0 Å². The van der Waals surface area contributed by atoms with Gasteiger partial charge in [-0.05, 0) is 48.5 Å². The fourth-order valence-corrected chi connectivity index (χ4v) is 3.67. The predicted octanol–water partition coefficient (Wildman–Crippen LogP) is 3.67. The number of nitrogens with one attached hydrogen (secondary N) is 1. The summed E-state index contributed by atoms with van der Waals surface area (Å²) in [5, 5.41) is 3.60. The van der Waals surface area contributed by atoms with Crippen molar-refractivity contribution in [1.82, 2.24) is 30.2 Å². The van der Waals surface area contributed by atoms with Crippen LogP contribution in [0.4, 0.5) is 0 Å². The highest BCUT2D eigenvalue weighted by molar-refractivity contribution is 5.10. The molecule has 6 heteroatoms. The van der Waals surface area contributed by atoms with Crippen LogP contribution in [0.25, 0.3) is 0 Å². The summed E-state index contributed by atoms with van der Waals surface area (Å²) in [6.45, 7) is 2.99. The molecule has 0 radical (unpaired) electrons. The van der Waals surface area contributed by atoms with Gasteiger partial charge >= 0.3 is 0 Å². The molecule has 0 amide bonds. The Morgan fingerprint density at radius 3 is 1.53 bits per heavy atom. The van der Waals surface area contributed by atoms with Crippen molar-refractivity contribution < 1.29 is 0 Å². The Balaban J connectivity index is 1.54. The summed E-state index contributed by atoms with van der Waals surface area (Å²) in [5.41, 5.74) is 4.19. The third kappa shape index (κ3) is 6.77. The molecule has 0 aliphatic rings. The minimum atomic E-state index is 0.206. The highest BCUT2D eigenvalue weighted by atomic mass is 15.2. The largest absolute Gasteiger partial charge is 0.310 e. The number of hydrogen-bond acceptors (Lipinski definition) is 6. The van der Waals surface area contributed by atoms with Crippen LogP contribution in [0.15, 0.2) is 97.6 Å². The van der Waals surface area contributed by atoms with Gasteiger partial charge in [0.2, 0.25) is 0 Å². The van der Waals surface area contributed by atoms with Crippen molar-refractivity contribution in [2.24, 2.45) is 0 Å². The number of pyridine rings is 4. The van der Waals surface area contributed by atoms with E-state index >= 15 is 0 Å². The molecule has 0 aliphatic carbocycles. The van der Waals surface area contributed by atoms with Gasteiger partial charge in [0.15, 0.2) is 0 Å². The van der Waals surface area contributed by atoms with Crippen molar-refractivity contribution in [2.45, 2.75) is 32.1 Å². The molecule has 0 saturated heterocycles. The first-order valence-corrected chi connectivity index (χ1v) is 10.9. The topological polar surface area (TPSA) is 66.8 Å². The lowest BCUT2D eigenvalue weighted by Crippen LogP contribution is -2.43. The first-order chi connectivity index (χ1) is 15.9. The lowest BCUT2D eigenvalue weighted by molar-refractivity contribution is 0.167. The molecule has 4 heterocycles. The second kappa shape index (κ2) is 11.8. The zero-order valence-electron chi connectivity index (χ0n) is 18.1. The fourth-order valence-electron chi connectivity index (χ4n) is 3.67.